The molecule has 1 aromatic rings. The van der Waals surface area contributed by atoms with Gasteiger partial charge in [-0.3, -0.25) is 4.79 Å². The second-order valence-electron chi connectivity index (χ2n) is 6.19. The number of nitrogens with zero attached hydrogens (tertiary/aromatic N) is 1. The third-order valence-corrected chi connectivity index (χ3v) is 4.07. The molecule has 0 heterocycles. The molecule has 1 amide bonds. The number of carbonyl (C=O) groups excluding carboxylic acids is 1. The lowest BCUT2D eigenvalue weighted by atomic mass is 10.1. The number of carbonyl (C=O) groups is 1. The van der Waals surface area contributed by atoms with Gasteiger partial charge in [0.05, 0.1) is 6.54 Å². The van der Waals surface area contributed by atoms with Crippen molar-refractivity contribution >= 4 is 11.9 Å². The first-order chi connectivity index (χ1) is 11.7. The molecule has 0 radical (unpaired) electrons. The molecule has 0 atom stereocenters. The van der Waals surface area contributed by atoms with Gasteiger partial charge in [0.15, 0.2) is 5.96 Å². The van der Waals surface area contributed by atoms with Crippen molar-refractivity contribution in [3.8, 4) is 0 Å². The Morgan fingerprint density at radius 3 is 2.58 bits per heavy atom. The van der Waals surface area contributed by atoms with Crippen LogP contribution in [0.3, 0.4) is 0 Å². The van der Waals surface area contributed by atoms with Gasteiger partial charge in [0.25, 0.3) is 0 Å². The molecule has 2 rings (SSSR count). The van der Waals surface area contributed by atoms with Crippen LogP contribution in [0.25, 0.3) is 0 Å². The average Bonchev–Trinajstić information content (AvgIpc) is 3.40. The zero-order valence-corrected chi connectivity index (χ0v) is 14.9. The van der Waals surface area contributed by atoms with Crippen molar-refractivity contribution in [3.63, 3.8) is 0 Å². The van der Waals surface area contributed by atoms with E-state index in [0.717, 1.165) is 44.7 Å². The first-order valence-corrected chi connectivity index (χ1v) is 9.11. The Hall–Kier alpha value is -2.04. The van der Waals surface area contributed by atoms with E-state index in [4.69, 9.17) is 0 Å². The van der Waals surface area contributed by atoms with E-state index < -0.39 is 0 Å². The van der Waals surface area contributed by atoms with Gasteiger partial charge < -0.3 is 16.0 Å². The maximum atomic E-state index is 11.7. The molecule has 0 saturated heterocycles. The van der Waals surface area contributed by atoms with E-state index in [1.165, 1.54) is 11.1 Å². The number of rotatable bonds is 9. The monoisotopic (exact) mass is 330 g/mol. The van der Waals surface area contributed by atoms with E-state index in [-0.39, 0.29) is 5.91 Å². The van der Waals surface area contributed by atoms with Gasteiger partial charge >= 0.3 is 0 Å². The minimum atomic E-state index is 0.165. The zero-order chi connectivity index (χ0) is 17.2. The van der Waals surface area contributed by atoms with Crippen LogP contribution in [0.1, 0.15) is 50.7 Å². The summed E-state index contributed by atoms with van der Waals surface area (Å²) in [5.74, 6) is 0.976. The molecule has 1 aliphatic rings. The van der Waals surface area contributed by atoms with Gasteiger partial charge in [0.2, 0.25) is 5.91 Å². The summed E-state index contributed by atoms with van der Waals surface area (Å²) < 4.78 is 0. The number of nitrogens with one attached hydrogen (secondary N) is 3. The van der Waals surface area contributed by atoms with Crippen molar-refractivity contribution in [2.45, 2.75) is 58.5 Å². The molecule has 1 aromatic carbocycles. The first kappa shape index (κ1) is 18.3. The van der Waals surface area contributed by atoms with Crippen molar-refractivity contribution in [1.29, 1.82) is 0 Å². The van der Waals surface area contributed by atoms with Gasteiger partial charge in [-0.25, -0.2) is 4.99 Å². The fraction of sp³-hybridized carbons (Fsp3) is 0.579. The van der Waals surface area contributed by atoms with Crippen LogP contribution in [0.15, 0.2) is 29.3 Å². The van der Waals surface area contributed by atoms with Crippen LogP contribution in [0.2, 0.25) is 0 Å². The summed E-state index contributed by atoms with van der Waals surface area (Å²) in [6, 6.07) is 8.87. The standard InChI is InChI=1S/C19H30N4O/c1-3-15-8-5-6-9-16(15)14-22-19(20-4-2)21-13-7-10-18(24)23-17-11-12-17/h5-6,8-9,17H,3-4,7,10-14H2,1-2H3,(H,23,24)(H2,20,21,22). The minimum Gasteiger partial charge on any atom is -0.357 e. The van der Waals surface area contributed by atoms with E-state index in [0.29, 0.717) is 19.0 Å². The van der Waals surface area contributed by atoms with Gasteiger partial charge in [-0.1, -0.05) is 31.2 Å². The first-order valence-electron chi connectivity index (χ1n) is 9.11. The van der Waals surface area contributed by atoms with Crippen molar-refractivity contribution in [2.24, 2.45) is 4.99 Å². The SMILES string of the molecule is CCNC(=NCc1ccccc1CC)NCCCC(=O)NC1CC1. The number of guanidine groups is 1. The van der Waals surface area contributed by atoms with Gasteiger partial charge in [-0.2, -0.15) is 0 Å². The smallest absolute Gasteiger partial charge is 0.220 e. The van der Waals surface area contributed by atoms with Crippen LogP contribution in [-0.2, 0) is 17.8 Å². The van der Waals surface area contributed by atoms with Gasteiger partial charge in [0.1, 0.15) is 0 Å². The van der Waals surface area contributed by atoms with Crippen LogP contribution < -0.4 is 16.0 Å². The van der Waals surface area contributed by atoms with E-state index in [2.05, 4.69) is 59.1 Å². The lowest BCUT2D eigenvalue weighted by Gasteiger charge is -2.12. The van der Waals surface area contributed by atoms with Gasteiger partial charge in [-0.15, -0.1) is 0 Å². The van der Waals surface area contributed by atoms with Crippen molar-refractivity contribution < 1.29 is 4.79 Å². The number of amides is 1. The average molecular weight is 330 g/mol. The Kier molecular flexibility index (Phi) is 7.59. The Labute approximate surface area is 145 Å². The molecule has 1 saturated carbocycles. The largest absolute Gasteiger partial charge is 0.357 e. The van der Waals surface area contributed by atoms with Crippen LogP contribution in [0.4, 0.5) is 0 Å². The molecule has 1 fully saturated rings. The minimum absolute atomic E-state index is 0.165. The fourth-order valence-corrected chi connectivity index (χ4v) is 2.55. The number of aryl methyl sites for hydroxylation is 1. The van der Waals surface area contributed by atoms with Crippen molar-refractivity contribution in [3.05, 3.63) is 35.4 Å². The number of aliphatic imine (C=N–C) groups is 1. The molecule has 0 bridgehead atoms. The highest BCUT2D eigenvalue weighted by atomic mass is 16.1. The molecule has 0 unspecified atom stereocenters. The maximum absolute atomic E-state index is 11.7. The highest BCUT2D eigenvalue weighted by Crippen LogP contribution is 2.18. The molecule has 5 heteroatoms. The van der Waals surface area contributed by atoms with Crippen molar-refractivity contribution in [1.82, 2.24) is 16.0 Å². The third kappa shape index (κ3) is 6.60. The lowest BCUT2D eigenvalue weighted by Crippen LogP contribution is -2.38. The summed E-state index contributed by atoms with van der Waals surface area (Å²) >= 11 is 0. The Morgan fingerprint density at radius 1 is 1.17 bits per heavy atom. The predicted octanol–water partition coefficient (Wildman–Crippen LogP) is 2.36. The molecule has 3 N–H and O–H groups in total. The molecule has 0 aromatic heterocycles. The van der Waals surface area contributed by atoms with Gasteiger partial charge in [0, 0.05) is 25.6 Å². The summed E-state index contributed by atoms with van der Waals surface area (Å²) in [7, 11) is 0. The summed E-state index contributed by atoms with van der Waals surface area (Å²) in [4.78, 5) is 16.3. The Bertz CT molecular complexity index is 552. The lowest BCUT2D eigenvalue weighted by molar-refractivity contribution is -0.121. The Balaban J connectivity index is 1.76. The number of benzene rings is 1. The van der Waals surface area contributed by atoms with E-state index in [1.54, 1.807) is 0 Å². The molecule has 1 aliphatic carbocycles. The quantitative estimate of drug-likeness (QED) is 0.370. The summed E-state index contributed by atoms with van der Waals surface area (Å²) in [6.45, 7) is 6.46. The molecule has 0 spiro atoms. The second kappa shape index (κ2) is 9.96. The van der Waals surface area contributed by atoms with E-state index in [1.807, 2.05) is 0 Å². The molecular formula is C19H30N4O. The van der Waals surface area contributed by atoms with Gasteiger partial charge in [-0.05, 0) is 43.7 Å². The van der Waals surface area contributed by atoms with E-state index >= 15 is 0 Å². The molecule has 5 nitrogen and oxygen atoms in total. The second-order valence-corrected chi connectivity index (χ2v) is 6.19. The summed E-state index contributed by atoms with van der Waals surface area (Å²) in [5.41, 5.74) is 2.61. The normalized spacial score (nSPS) is 14.3. The highest BCUT2D eigenvalue weighted by Gasteiger charge is 2.22. The van der Waals surface area contributed by atoms with Crippen LogP contribution >= 0.6 is 0 Å². The molecule has 24 heavy (non-hydrogen) atoms. The topological polar surface area (TPSA) is 65.5 Å². The number of hydrogen-bond acceptors (Lipinski definition) is 2. The third-order valence-electron chi connectivity index (χ3n) is 4.07. The molecule has 0 aliphatic heterocycles. The number of hydrogen-bond donors (Lipinski definition) is 3. The highest BCUT2D eigenvalue weighted by molar-refractivity contribution is 5.80. The summed E-state index contributed by atoms with van der Waals surface area (Å²) in [5, 5.41) is 9.58. The van der Waals surface area contributed by atoms with Crippen molar-refractivity contribution in [2.75, 3.05) is 13.1 Å². The molecular weight excluding hydrogens is 300 g/mol. The predicted molar refractivity (Wildman–Crippen MR) is 99.0 cm³/mol. The Morgan fingerprint density at radius 2 is 1.92 bits per heavy atom. The maximum Gasteiger partial charge on any atom is 0.220 e. The summed E-state index contributed by atoms with van der Waals surface area (Å²) in [6.07, 6.45) is 4.68. The fourth-order valence-electron chi connectivity index (χ4n) is 2.55. The zero-order valence-electron chi connectivity index (χ0n) is 14.9. The van der Waals surface area contributed by atoms with E-state index in [9.17, 15) is 4.79 Å². The van der Waals surface area contributed by atoms with Crippen LogP contribution in [0, 0.1) is 0 Å². The molecule has 132 valence electrons. The van der Waals surface area contributed by atoms with Crippen LogP contribution in [0.5, 0.6) is 0 Å². The van der Waals surface area contributed by atoms with Crippen LogP contribution in [-0.4, -0.2) is 31.0 Å².